The zero-order chi connectivity index (χ0) is 9.97. The molecule has 1 aliphatic rings. The summed E-state index contributed by atoms with van der Waals surface area (Å²) < 4.78 is 18.4. The highest BCUT2D eigenvalue weighted by Crippen LogP contribution is 2.24. The van der Waals surface area contributed by atoms with Gasteiger partial charge in [-0.1, -0.05) is 0 Å². The molecule has 76 valence electrons. The monoisotopic (exact) mass is 195 g/mol. The lowest BCUT2D eigenvalue weighted by Crippen LogP contribution is -2.21. The third-order valence-corrected chi connectivity index (χ3v) is 2.63. The molecule has 0 radical (unpaired) electrons. The van der Waals surface area contributed by atoms with Gasteiger partial charge in [0.2, 0.25) is 0 Å². The number of rotatable bonds is 3. The van der Waals surface area contributed by atoms with E-state index in [1.807, 2.05) is 0 Å². The Morgan fingerprint density at radius 3 is 2.86 bits per heavy atom. The third kappa shape index (κ3) is 2.04. The Bertz CT molecular complexity index is 323. The van der Waals surface area contributed by atoms with Gasteiger partial charge in [-0.2, -0.15) is 0 Å². The van der Waals surface area contributed by atoms with E-state index in [4.69, 9.17) is 10.5 Å². The molecular weight excluding hydrogens is 181 g/mol. The molecule has 1 saturated carbocycles. The fourth-order valence-electron chi connectivity index (χ4n) is 1.44. The van der Waals surface area contributed by atoms with Crippen LogP contribution < -0.4 is 5.73 Å². The molecule has 0 unspecified atom stereocenters. The Balaban J connectivity index is 1.96. The molecule has 2 nitrogen and oxygen atoms in total. The van der Waals surface area contributed by atoms with E-state index in [9.17, 15) is 4.39 Å². The van der Waals surface area contributed by atoms with Crippen molar-refractivity contribution in [3.63, 3.8) is 0 Å². The Labute approximate surface area is 82.9 Å². The first-order chi connectivity index (χ1) is 6.75. The summed E-state index contributed by atoms with van der Waals surface area (Å²) in [5.41, 5.74) is 7.04. The van der Waals surface area contributed by atoms with E-state index in [1.54, 1.807) is 6.07 Å². The quantitative estimate of drug-likeness (QED) is 0.752. The standard InChI is InChI=1S/C11H14FNO/c12-9-4-5-11(13)8(6-9)7-14-10-2-1-3-10/h4-6,10H,1-3,7,13H2. The summed E-state index contributed by atoms with van der Waals surface area (Å²) in [4.78, 5) is 0. The Morgan fingerprint density at radius 1 is 1.43 bits per heavy atom. The van der Waals surface area contributed by atoms with Gasteiger partial charge in [-0.05, 0) is 37.5 Å². The van der Waals surface area contributed by atoms with Crippen LogP contribution in [0, 0.1) is 5.82 Å². The molecule has 1 fully saturated rings. The van der Waals surface area contributed by atoms with Crippen LogP contribution >= 0.6 is 0 Å². The summed E-state index contributed by atoms with van der Waals surface area (Å²) in [6.45, 7) is 0.425. The van der Waals surface area contributed by atoms with Crippen molar-refractivity contribution in [2.24, 2.45) is 0 Å². The number of benzene rings is 1. The lowest BCUT2D eigenvalue weighted by atomic mass is 9.96. The maximum Gasteiger partial charge on any atom is 0.123 e. The number of nitrogens with two attached hydrogens (primary N) is 1. The first-order valence-corrected chi connectivity index (χ1v) is 4.91. The van der Waals surface area contributed by atoms with E-state index in [1.165, 1.54) is 18.6 Å². The fraction of sp³-hybridized carbons (Fsp3) is 0.455. The van der Waals surface area contributed by atoms with Crippen LogP contribution in [0.3, 0.4) is 0 Å². The Kier molecular flexibility index (Phi) is 2.68. The second kappa shape index (κ2) is 3.96. The molecule has 1 aromatic carbocycles. The highest BCUT2D eigenvalue weighted by molar-refractivity contribution is 5.46. The van der Waals surface area contributed by atoms with Crippen LogP contribution in [0.5, 0.6) is 0 Å². The van der Waals surface area contributed by atoms with Crippen LogP contribution in [0.4, 0.5) is 10.1 Å². The smallest absolute Gasteiger partial charge is 0.123 e. The van der Waals surface area contributed by atoms with E-state index in [0.717, 1.165) is 18.4 Å². The second-order valence-corrected chi connectivity index (χ2v) is 3.71. The van der Waals surface area contributed by atoms with E-state index in [2.05, 4.69) is 0 Å². The second-order valence-electron chi connectivity index (χ2n) is 3.71. The minimum Gasteiger partial charge on any atom is -0.398 e. The van der Waals surface area contributed by atoms with E-state index >= 15 is 0 Å². The lowest BCUT2D eigenvalue weighted by molar-refractivity contribution is -0.00849. The molecular formula is C11H14FNO. The van der Waals surface area contributed by atoms with Crippen LogP contribution in [0.1, 0.15) is 24.8 Å². The Morgan fingerprint density at radius 2 is 2.21 bits per heavy atom. The maximum absolute atomic E-state index is 12.9. The summed E-state index contributed by atoms with van der Waals surface area (Å²) in [5, 5.41) is 0. The fourth-order valence-corrected chi connectivity index (χ4v) is 1.44. The predicted octanol–water partition coefficient (Wildman–Crippen LogP) is 2.48. The van der Waals surface area contributed by atoms with Crippen molar-refractivity contribution in [1.29, 1.82) is 0 Å². The van der Waals surface area contributed by atoms with Crippen molar-refractivity contribution in [2.45, 2.75) is 32.0 Å². The molecule has 2 rings (SSSR count). The predicted molar refractivity (Wildman–Crippen MR) is 53.2 cm³/mol. The van der Waals surface area contributed by atoms with E-state index in [0.29, 0.717) is 18.4 Å². The zero-order valence-corrected chi connectivity index (χ0v) is 8.00. The SMILES string of the molecule is Nc1ccc(F)cc1COC1CCC1. The largest absolute Gasteiger partial charge is 0.398 e. The molecule has 1 aromatic rings. The number of hydrogen-bond donors (Lipinski definition) is 1. The highest BCUT2D eigenvalue weighted by Gasteiger charge is 2.18. The van der Waals surface area contributed by atoms with Crippen molar-refractivity contribution < 1.29 is 9.13 Å². The number of hydrogen-bond acceptors (Lipinski definition) is 2. The van der Waals surface area contributed by atoms with Gasteiger partial charge in [0.15, 0.2) is 0 Å². The molecule has 0 aromatic heterocycles. The summed E-state index contributed by atoms with van der Waals surface area (Å²) in [6.07, 6.45) is 3.84. The van der Waals surface area contributed by atoms with Gasteiger partial charge in [-0.3, -0.25) is 0 Å². The molecule has 14 heavy (non-hydrogen) atoms. The molecule has 0 aliphatic heterocycles. The minimum atomic E-state index is -0.258. The van der Waals surface area contributed by atoms with Crippen LogP contribution in [0.15, 0.2) is 18.2 Å². The van der Waals surface area contributed by atoms with Gasteiger partial charge in [-0.25, -0.2) is 4.39 Å². The van der Waals surface area contributed by atoms with Gasteiger partial charge in [0.1, 0.15) is 5.82 Å². The van der Waals surface area contributed by atoms with E-state index in [-0.39, 0.29) is 5.82 Å². The van der Waals surface area contributed by atoms with Gasteiger partial charge in [0, 0.05) is 11.3 Å². The summed E-state index contributed by atoms with van der Waals surface area (Å²) in [5.74, 6) is -0.258. The van der Waals surface area contributed by atoms with Crippen LogP contribution in [-0.4, -0.2) is 6.10 Å². The van der Waals surface area contributed by atoms with Gasteiger partial charge in [0.25, 0.3) is 0 Å². The molecule has 3 heteroatoms. The van der Waals surface area contributed by atoms with Gasteiger partial charge in [0.05, 0.1) is 12.7 Å². The summed E-state index contributed by atoms with van der Waals surface area (Å²) in [6, 6.07) is 4.38. The topological polar surface area (TPSA) is 35.2 Å². The van der Waals surface area contributed by atoms with Crippen molar-refractivity contribution in [3.8, 4) is 0 Å². The molecule has 0 atom stereocenters. The Hall–Kier alpha value is -1.09. The molecule has 0 saturated heterocycles. The zero-order valence-electron chi connectivity index (χ0n) is 8.00. The maximum atomic E-state index is 12.9. The van der Waals surface area contributed by atoms with Crippen molar-refractivity contribution in [1.82, 2.24) is 0 Å². The minimum absolute atomic E-state index is 0.258. The van der Waals surface area contributed by atoms with Crippen LogP contribution in [0.25, 0.3) is 0 Å². The van der Waals surface area contributed by atoms with Gasteiger partial charge in [-0.15, -0.1) is 0 Å². The number of ether oxygens (including phenoxy) is 1. The van der Waals surface area contributed by atoms with E-state index < -0.39 is 0 Å². The van der Waals surface area contributed by atoms with Crippen LogP contribution in [0.2, 0.25) is 0 Å². The average molecular weight is 195 g/mol. The summed E-state index contributed by atoms with van der Waals surface area (Å²) >= 11 is 0. The normalized spacial score (nSPS) is 16.6. The van der Waals surface area contributed by atoms with Gasteiger partial charge < -0.3 is 10.5 Å². The molecule has 1 aliphatic carbocycles. The number of halogens is 1. The van der Waals surface area contributed by atoms with Crippen molar-refractivity contribution in [3.05, 3.63) is 29.6 Å². The molecule has 0 bridgehead atoms. The molecule has 0 spiro atoms. The molecule has 0 heterocycles. The lowest BCUT2D eigenvalue weighted by Gasteiger charge is -2.25. The summed E-state index contributed by atoms with van der Waals surface area (Å²) in [7, 11) is 0. The highest BCUT2D eigenvalue weighted by atomic mass is 19.1. The van der Waals surface area contributed by atoms with Crippen molar-refractivity contribution >= 4 is 5.69 Å². The number of anilines is 1. The average Bonchev–Trinajstić information content (AvgIpc) is 2.08. The third-order valence-electron chi connectivity index (χ3n) is 2.63. The first kappa shape index (κ1) is 9.46. The molecule has 0 amide bonds. The van der Waals surface area contributed by atoms with Gasteiger partial charge >= 0.3 is 0 Å². The van der Waals surface area contributed by atoms with Crippen LogP contribution in [-0.2, 0) is 11.3 Å². The first-order valence-electron chi connectivity index (χ1n) is 4.91. The van der Waals surface area contributed by atoms with Crippen molar-refractivity contribution in [2.75, 3.05) is 5.73 Å². The number of nitrogen functional groups attached to an aromatic ring is 1. The molecule has 2 N–H and O–H groups in total.